The van der Waals surface area contributed by atoms with Gasteiger partial charge in [-0.3, -0.25) is 9.59 Å². The average molecular weight is 461 g/mol. The molecule has 0 N–H and O–H groups in total. The topological polar surface area (TPSA) is 69.7 Å². The zero-order chi connectivity index (χ0) is 24.2. The van der Waals surface area contributed by atoms with Crippen LogP contribution in [0.15, 0.2) is 76.8 Å². The van der Waals surface area contributed by atoms with Crippen molar-refractivity contribution < 1.29 is 23.9 Å². The lowest BCUT2D eigenvalue weighted by atomic mass is 9.69. The highest BCUT2D eigenvalue weighted by Gasteiger charge is 2.47. The van der Waals surface area contributed by atoms with E-state index in [1.54, 1.807) is 0 Å². The molecule has 0 amide bonds. The molecule has 0 bridgehead atoms. The molecule has 1 heterocycles. The van der Waals surface area contributed by atoms with Crippen molar-refractivity contribution in [2.24, 2.45) is 11.8 Å². The van der Waals surface area contributed by atoms with Crippen molar-refractivity contribution in [3.8, 4) is 0 Å². The van der Waals surface area contributed by atoms with E-state index in [9.17, 15) is 14.4 Å². The number of rotatable bonds is 8. The third-order valence-electron chi connectivity index (χ3n) is 6.93. The number of Topliss-reactive ketones (excluding diaryl/α,β-unsaturated/α-hetero) is 2. The van der Waals surface area contributed by atoms with E-state index in [4.69, 9.17) is 9.47 Å². The van der Waals surface area contributed by atoms with E-state index in [0.29, 0.717) is 25.0 Å². The van der Waals surface area contributed by atoms with Gasteiger partial charge in [0.15, 0.2) is 5.76 Å². The first-order valence-electron chi connectivity index (χ1n) is 12.2. The number of carbonyl (C=O) groups is 3. The van der Waals surface area contributed by atoms with Crippen LogP contribution < -0.4 is 0 Å². The molecule has 1 unspecified atom stereocenters. The lowest BCUT2D eigenvalue weighted by Crippen LogP contribution is -2.39. The van der Waals surface area contributed by atoms with Crippen LogP contribution in [-0.4, -0.2) is 24.1 Å². The fourth-order valence-corrected chi connectivity index (χ4v) is 5.06. The average Bonchev–Trinajstić information content (AvgIpc) is 2.82. The molecule has 178 valence electrons. The maximum Gasteiger partial charge on any atom is 0.342 e. The third kappa shape index (κ3) is 4.70. The lowest BCUT2D eigenvalue weighted by molar-refractivity contribution is -0.141. The Hall–Kier alpha value is -3.21. The quantitative estimate of drug-likeness (QED) is 0.167. The van der Waals surface area contributed by atoms with Crippen molar-refractivity contribution in [3.05, 3.63) is 82.4 Å². The molecule has 1 aromatic rings. The van der Waals surface area contributed by atoms with Gasteiger partial charge in [0.25, 0.3) is 0 Å². The Morgan fingerprint density at radius 1 is 1.12 bits per heavy atom. The van der Waals surface area contributed by atoms with Crippen LogP contribution in [0.4, 0.5) is 0 Å². The smallest absolute Gasteiger partial charge is 0.342 e. The molecule has 4 rings (SSSR count). The minimum absolute atomic E-state index is 0.0505. The summed E-state index contributed by atoms with van der Waals surface area (Å²) >= 11 is 0. The molecule has 34 heavy (non-hydrogen) atoms. The maximum atomic E-state index is 13.8. The summed E-state index contributed by atoms with van der Waals surface area (Å²) in [6.07, 6.45) is 7.17. The summed E-state index contributed by atoms with van der Waals surface area (Å²) < 4.78 is 11.4. The molecule has 5 heteroatoms. The van der Waals surface area contributed by atoms with Crippen molar-refractivity contribution in [3.63, 3.8) is 0 Å². The van der Waals surface area contributed by atoms with Gasteiger partial charge in [-0.1, -0.05) is 68.3 Å². The maximum absolute atomic E-state index is 13.8. The lowest BCUT2D eigenvalue weighted by Gasteiger charge is -2.39. The zero-order valence-electron chi connectivity index (χ0n) is 20.0. The summed E-state index contributed by atoms with van der Waals surface area (Å²) in [7, 11) is 0. The number of hydrogen-bond acceptors (Lipinski definition) is 5. The highest BCUT2D eigenvalue weighted by atomic mass is 16.5. The second kappa shape index (κ2) is 10.4. The highest BCUT2D eigenvalue weighted by molar-refractivity contribution is 6.34. The molecule has 0 saturated carbocycles. The molecule has 0 radical (unpaired) electrons. The normalized spacial score (nSPS) is 22.2. The predicted octanol–water partition coefficient (Wildman–Crippen LogP) is 5.57. The summed E-state index contributed by atoms with van der Waals surface area (Å²) in [6.45, 7) is 8.27. The van der Waals surface area contributed by atoms with Gasteiger partial charge in [-0.15, -0.1) is 0 Å². The van der Waals surface area contributed by atoms with E-state index in [-0.39, 0.29) is 46.7 Å². The highest BCUT2D eigenvalue weighted by Crippen LogP contribution is 2.47. The van der Waals surface area contributed by atoms with Crippen LogP contribution in [0.25, 0.3) is 0 Å². The van der Waals surface area contributed by atoms with Gasteiger partial charge in [-0.05, 0) is 38.2 Å². The summed E-state index contributed by atoms with van der Waals surface area (Å²) in [6, 6.07) is 9.70. The van der Waals surface area contributed by atoms with Gasteiger partial charge in [-0.25, -0.2) is 4.79 Å². The van der Waals surface area contributed by atoms with Gasteiger partial charge in [0.1, 0.15) is 11.3 Å². The molecule has 0 aromatic heterocycles. The van der Waals surface area contributed by atoms with E-state index in [1.807, 2.05) is 43.3 Å². The standard InChI is InChI=1S/C29H32O5/c1-4-5-7-12-22-25(29(32)33-16-15-20-10-8-6-9-11-20)27(31)24-23-17-18(2)13-14-21(23)19(3)34-28(24)26(22)30/h6,8-11,17,21,23H,3-5,7,12-16H2,1-2H3/t21?,23-/m1/s1. The molecule has 0 saturated heterocycles. The molecule has 1 aliphatic heterocycles. The second-order valence-corrected chi connectivity index (χ2v) is 9.34. The van der Waals surface area contributed by atoms with Crippen LogP contribution in [0.2, 0.25) is 0 Å². The molecule has 5 nitrogen and oxygen atoms in total. The number of fused-ring (bicyclic) bond motifs is 2. The van der Waals surface area contributed by atoms with E-state index in [0.717, 1.165) is 36.8 Å². The van der Waals surface area contributed by atoms with E-state index >= 15 is 0 Å². The number of carbonyl (C=O) groups excluding carboxylic acids is 3. The van der Waals surface area contributed by atoms with Crippen LogP contribution in [-0.2, 0) is 30.3 Å². The second-order valence-electron chi connectivity index (χ2n) is 9.34. The minimum Gasteiger partial charge on any atom is -0.462 e. The first kappa shape index (κ1) is 23.9. The van der Waals surface area contributed by atoms with E-state index in [2.05, 4.69) is 13.5 Å². The Morgan fingerprint density at radius 3 is 2.62 bits per heavy atom. The van der Waals surface area contributed by atoms with Gasteiger partial charge in [0.2, 0.25) is 11.6 Å². The summed E-state index contributed by atoms with van der Waals surface area (Å²) in [5.74, 6) is -1.33. The van der Waals surface area contributed by atoms with Gasteiger partial charge in [0.05, 0.1) is 12.2 Å². The monoisotopic (exact) mass is 460 g/mol. The Balaban J connectivity index is 1.64. The molecular weight excluding hydrogens is 428 g/mol. The summed E-state index contributed by atoms with van der Waals surface area (Å²) in [5, 5.41) is 0. The van der Waals surface area contributed by atoms with E-state index < -0.39 is 11.8 Å². The Bertz CT molecular complexity index is 1100. The summed E-state index contributed by atoms with van der Waals surface area (Å²) in [5.41, 5.74) is 2.58. The number of ether oxygens (including phenoxy) is 2. The van der Waals surface area contributed by atoms with Crippen LogP contribution >= 0.6 is 0 Å². The number of esters is 1. The number of benzene rings is 1. The number of unbranched alkanes of at least 4 members (excludes halogenated alkanes) is 2. The number of ketones is 2. The largest absolute Gasteiger partial charge is 0.462 e. The number of hydrogen-bond donors (Lipinski definition) is 0. The Kier molecular flexibility index (Phi) is 7.30. The predicted molar refractivity (Wildman–Crippen MR) is 130 cm³/mol. The molecule has 2 atom stereocenters. The zero-order valence-corrected chi connectivity index (χ0v) is 20.0. The molecule has 0 spiro atoms. The van der Waals surface area contributed by atoms with Gasteiger partial charge >= 0.3 is 5.97 Å². The van der Waals surface area contributed by atoms with Gasteiger partial charge in [-0.2, -0.15) is 0 Å². The van der Waals surface area contributed by atoms with Crippen LogP contribution in [0.5, 0.6) is 0 Å². The molecule has 2 aliphatic carbocycles. The fourth-order valence-electron chi connectivity index (χ4n) is 5.06. The first-order chi connectivity index (χ1) is 16.4. The van der Waals surface area contributed by atoms with E-state index in [1.165, 1.54) is 0 Å². The van der Waals surface area contributed by atoms with Gasteiger partial charge in [0, 0.05) is 23.8 Å². The minimum atomic E-state index is -0.718. The Morgan fingerprint density at radius 2 is 1.88 bits per heavy atom. The molecular formula is C29H32O5. The van der Waals surface area contributed by atoms with Crippen molar-refractivity contribution >= 4 is 17.5 Å². The van der Waals surface area contributed by atoms with Crippen LogP contribution in [0, 0.1) is 11.8 Å². The third-order valence-corrected chi connectivity index (χ3v) is 6.93. The number of allylic oxidation sites excluding steroid dienone is 5. The van der Waals surface area contributed by atoms with Crippen molar-refractivity contribution in [1.29, 1.82) is 0 Å². The van der Waals surface area contributed by atoms with Crippen molar-refractivity contribution in [2.45, 2.75) is 58.8 Å². The van der Waals surface area contributed by atoms with Crippen LogP contribution in [0.3, 0.4) is 0 Å². The van der Waals surface area contributed by atoms with Gasteiger partial charge < -0.3 is 9.47 Å². The van der Waals surface area contributed by atoms with Crippen molar-refractivity contribution in [2.75, 3.05) is 6.61 Å². The SMILES string of the molecule is C=C1OC2=C(C(=O)C(C(=O)OCCc3ccccc3)=C(CCCCC)C2=O)[C@@H]2C=C(C)CCC12. The fraction of sp³-hybridized carbons (Fsp3) is 0.414. The summed E-state index contributed by atoms with van der Waals surface area (Å²) in [4.78, 5) is 40.5. The van der Waals surface area contributed by atoms with Crippen molar-refractivity contribution in [1.82, 2.24) is 0 Å². The van der Waals surface area contributed by atoms with Crippen LogP contribution in [0.1, 0.15) is 57.9 Å². The molecule has 0 fully saturated rings. The Labute approximate surface area is 201 Å². The molecule has 3 aliphatic rings. The molecule has 1 aromatic carbocycles. The first-order valence-corrected chi connectivity index (χ1v) is 12.2.